The largest absolute Gasteiger partial charge is 0.364 e. The van der Waals surface area contributed by atoms with Gasteiger partial charge in [-0.05, 0) is 42.7 Å². The van der Waals surface area contributed by atoms with Crippen LogP contribution in [0.5, 0.6) is 0 Å². The smallest absolute Gasteiger partial charge is 0.261 e. The van der Waals surface area contributed by atoms with Gasteiger partial charge in [0.1, 0.15) is 0 Å². The van der Waals surface area contributed by atoms with Crippen LogP contribution in [0.15, 0.2) is 78.9 Å². The predicted molar refractivity (Wildman–Crippen MR) is 134 cm³/mol. The quantitative estimate of drug-likeness (QED) is 0.521. The Morgan fingerprint density at radius 3 is 2.00 bits per heavy atom. The Labute approximate surface area is 204 Å². The fourth-order valence-electron chi connectivity index (χ4n) is 5.90. The van der Waals surface area contributed by atoms with Crippen molar-refractivity contribution in [2.24, 2.45) is 5.92 Å². The Balaban J connectivity index is 1.33. The first-order chi connectivity index (χ1) is 17.1. The van der Waals surface area contributed by atoms with Gasteiger partial charge in [-0.3, -0.25) is 19.3 Å². The van der Waals surface area contributed by atoms with Crippen LogP contribution in [-0.2, 0) is 11.3 Å². The van der Waals surface area contributed by atoms with E-state index in [1.165, 1.54) is 4.90 Å². The third-order valence-electron chi connectivity index (χ3n) is 7.57. The van der Waals surface area contributed by atoms with Crippen molar-refractivity contribution in [3.8, 4) is 0 Å². The highest BCUT2D eigenvalue weighted by molar-refractivity contribution is 6.21. The maximum atomic E-state index is 13.8. The molecule has 0 N–H and O–H groups in total. The molecule has 2 aliphatic heterocycles. The van der Waals surface area contributed by atoms with Gasteiger partial charge in [0.15, 0.2) is 0 Å². The van der Waals surface area contributed by atoms with Gasteiger partial charge < -0.3 is 9.80 Å². The van der Waals surface area contributed by atoms with E-state index in [9.17, 15) is 14.4 Å². The molecule has 6 rings (SSSR count). The van der Waals surface area contributed by atoms with Gasteiger partial charge in [-0.1, -0.05) is 61.0 Å². The molecule has 3 aliphatic rings. The van der Waals surface area contributed by atoms with Crippen molar-refractivity contribution >= 4 is 29.1 Å². The molecular weight excluding hydrogens is 438 g/mol. The minimum atomic E-state index is -0.238. The van der Waals surface area contributed by atoms with Crippen LogP contribution < -0.4 is 9.80 Å². The first-order valence-electron chi connectivity index (χ1n) is 12.3. The van der Waals surface area contributed by atoms with Crippen molar-refractivity contribution in [2.75, 3.05) is 22.9 Å². The van der Waals surface area contributed by atoms with Crippen molar-refractivity contribution in [1.82, 2.24) is 4.90 Å². The standard InChI is InChI=1S/C29H27N3O3/c33-27-21-11-4-5-12-22(21)28(34)31(27)18-17-30-24-16-8-13-23(24)29(35)32(19-20-9-2-1-3-10-20)26-15-7-6-14-25(26)30/h1-7,9-12,14-15,23-24H,8,13,16-19H2/t23-,24+/m0/s1. The van der Waals surface area contributed by atoms with Crippen LogP contribution in [0.25, 0.3) is 0 Å². The molecule has 0 saturated heterocycles. The lowest BCUT2D eigenvalue weighted by Gasteiger charge is -2.33. The monoisotopic (exact) mass is 465 g/mol. The fourth-order valence-corrected chi connectivity index (χ4v) is 5.90. The summed E-state index contributed by atoms with van der Waals surface area (Å²) in [4.78, 5) is 45.3. The molecule has 0 radical (unpaired) electrons. The van der Waals surface area contributed by atoms with E-state index in [2.05, 4.69) is 11.0 Å². The summed E-state index contributed by atoms with van der Waals surface area (Å²) in [5.41, 5.74) is 3.90. The number of para-hydroxylation sites is 2. The number of carbonyl (C=O) groups is 3. The van der Waals surface area contributed by atoms with E-state index in [1.807, 2.05) is 53.4 Å². The van der Waals surface area contributed by atoms with Gasteiger partial charge in [0.25, 0.3) is 11.8 Å². The van der Waals surface area contributed by atoms with Gasteiger partial charge in [0, 0.05) is 19.1 Å². The minimum absolute atomic E-state index is 0.0552. The Morgan fingerprint density at radius 2 is 1.29 bits per heavy atom. The zero-order valence-electron chi connectivity index (χ0n) is 19.5. The second kappa shape index (κ2) is 8.69. The van der Waals surface area contributed by atoms with E-state index >= 15 is 0 Å². The lowest BCUT2D eigenvalue weighted by molar-refractivity contribution is -0.122. The molecule has 35 heavy (non-hydrogen) atoms. The fraction of sp³-hybridized carbons (Fsp3) is 0.276. The number of rotatable bonds is 5. The Morgan fingerprint density at radius 1 is 0.657 bits per heavy atom. The Kier molecular flexibility index (Phi) is 5.36. The average molecular weight is 466 g/mol. The molecule has 0 spiro atoms. The predicted octanol–water partition coefficient (Wildman–Crippen LogP) is 4.50. The van der Waals surface area contributed by atoms with Gasteiger partial charge in [-0.15, -0.1) is 0 Å². The van der Waals surface area contributed by atoms with Crippen LogP contribution in [0.1, 0.15) is 45.5 Å². The van der Waals surface area contributed by atoms with Crippen LogP contribution in [0, 0.1) is 5.92 Å². The zero-order chi connectivity index (χ0) is 23.9. The first kappa shape index (κ1) is 21.6. The summed E-state index contributed by atoms with van der Waals surface area (Å²) in [6, 6.07) is 25.1. The highest BCUT2D eigenvalue weighted by atomic mass is 16.2. The summed E-state index contributed by atoms with van der Waals surface area (Å²) in [6.45, 7) is 1.30. The lowest BCUT2D eigenvalue weighted by Crippen LogP contribution is -2.45. The molecule has 1 saturated carbocycles. The number of amides is 3. The van der Waals surface area contributed by atoms with Crippen LogP contribution in [0.2, 0.25) is 0 Å². The molecule has 1 aliphatic carbocycles. The second-order valence-electron chi connectivity index (χ2n) is 9.50. The number of hydrogen-bond acceptors (Lipinski definition) is 4. The van der Waals surface area contributed by atoms with E-state index < -0.39 is 0 Å². The number of fused-ring (bicyclic) bond motifs is 3. The van der Waals surface area contributed by atoms with Crippen molar-refractivity contribution in [2.45, 2.75) is 31.8 Å². The molecular formula is C29H27N3O3. The number of nitrogens with zero attached hydrogens (tertiary/aromatic N) is 3. The zero-order valence-corrected chi connectivity index (χ0v) is 19.5. The molecule has 3 aromatic carbocycles. The molecule has 6 nitrogen and oxygen atoms in total. The van der Waals surface area contributed by atoms with E-state index in [0.717, 1.165) is 36.2 Å². The van der Waals surface area contributed by atoms with Crippen LogP contribution >= 0.6 is 0 Å². The maximum absolute atomic E-state index is 13.8. The van der Waals surface area contributed by atoms with Crippen LogP contribution in [0.4, 0.5) is 11.4 Å². The van der Waals surface area contributed by atoms with E-state index in [4.69, 9.17) is 0 Å². The van der Waals surface area contributed by atoms with E-state index in [0.29, 0.717) is 24.2 Å². The first-order valence-corrected chi connectivity index (χ1v) is 12.3. The summed E-state index contributed by atoms with van der Waals surface area (Å²) < 4.78 is 0. The van der Waals surface area contributed by atoms with Crippen molar-refractivity contribution < 1.29 is 14.4 Å². The SMILES string of the molecule is O=C1c2ccccc2C(=O)N1CCN1c2ccccc2N(Cc2ccccc2)C(=O)[C@H]2CCC[C@H]21. The number of anilines is 2. The van der Waals surface area contributed by atoms with Crippen molar-refractivity contribution in [1.29, 1.82) is 0 Å². The number of hydrogen-bond donors (Lipinski definition) is 0. The van der Waals surface area contributed by atoms with Gasteiger partial charge >= 0.3 is 0 Å². The summed E-state index contributed by atoms with van der Waals surface area (Å²) in [6.07, 6.45) is 2.77. The molecule has 3 amide bonds. The molecule has 0 aromatic heterocycles. The van der Waals surface area contributed by atoms with E-state index in [1.54, 1.807) is 24.3 Å². The molecule has 2 heterocycles. The third kappa shape index (κ3) is 3.60. The molecule has 6 heteroatoms. The second-order valence-corrected chi connectivity index (χ2v) is 9.50. The Bertz CT molecular complexity index is 1270. The molecule has 3 aromatic rings. The highest BCUT2D eigenvalue weighted by Crippen LogP contribution is 2.43. The minimum Gasteiger partial charge on any atom is -0.364 e. The van der Waals surface area contributed by atoms with Gasteiger partial charge in [0.05, 0.1) is 35.0 Å². The van der Waals surface area contributed by atoms with Crippen LogP contribution in [-0.4, -0.2) is 41.8 Å². The average Bonchev–Trinajstić information content (AvgIpc) is 3.45. The van der Waals surface area contributed by atoms with Crippen molar-refractivity contribution in [3.63, 3.8) is 0 Å². The van der Waals surface area contributed by atoms with Crippen molar-refractivity contribution in [3.05, 3.63) is 95.6 Å². The summed E-state index contributed by atoms with van der Waals surface area (Å²) in [5, 5.41) is 0. The van der Waals surface area contributed by atoms with E-state index in [-0.39, 0.29) is 36.2 Å². The number of imide groups is 1. The van der Waals surface area contributed by atoms with Gasteiger partial charge in [-0.25, -0.2) is 0 Å². The molecule has 176 valence electrons. The molecule has 0 unspecified atom stereocenters. The van der Waals surface area contributed by atoms with Crippen LogP contribution in [0.3, 0.4) is 0 Å². The molecule has 1 fully saturated rings. The maximum Gasteiger partial charge on any atom is 0.261 e. The Hall–Kier alpha value is -3.93. The number of carbonyl (C=O) groups excluding carboxylic acids is 3. The topological polar surface area (TPSA) is 60.9 Å². The summed E-state index contributed by atoms with van der Waals surface area (Å²) >= 11 is 0. The third-order valence-corrected chi connectivity index (χ3v) is 7.57. The lowest BCUT2D eigenvalue weighted by atomic mass is 10.0. The normalized spacial score (nSPS) is 21.1. The van der Waals surface area contributed by atoms with Gasteiger partial charge in [0.2, 0.25) is 5.91 Å². The summed E-state index contributed by atoms with van der Waals surface area (Å²) in [7, 11) is 0. The summed E-state index contributed by atoms with van der Waals surface area (Å²) in [5.74, 6) is -0.419. The molecule has 0 bridgehead atoms. The highest BCUT2D eigenvalue weighted by Gasteiger charge is 2.44. The molecule has 2 atom stereocenters. The number of benzene rings is 3. The van der Waals surface area contributed by atoms with Gasteiger partial charge in [-0.2, -0.15) is 0 Å².